The number of nitrogens with zero attached hydrogens (tertiary/aromatic N) is 4. The summed E-state index contributed by atoms with van der Waals surface area (Å²) >= 11 is 0. The van der Waals surface area contributed by atoms with Crippen LogP contribution in [-0.4, -0.2) is 50.8 Å². The van der Waals surface area contributed by atoms with Crippen molar-refractivity contribution in [2.24, 2.45) is 0 Å². The van der Waals surface area contributed by atoms with Crippen LogP contribution in [0.1, 0.15) is 87.8 Å². The van der Waals surface area contributed by atoms with Crippen LogP contribution in [0.15, 0.2) is 30.5 Å². The summed E-state index contributed by atoms with van der Waals surface area (Å²) in [5.74, 6) is 1.92. The van der Waals surface area contributed by atoms with Gasteiger partial charge in [-0.2, -0.15) is 0 Å². The third kappa shape index (κ3) is 4.67. The molecule has 7 heteroatoms. The molecule has 37 heavy (non-hydrogen) atoms. The molecule has 0 unspecified atom stereocenters. The van der Waals surface area contributed by atoms with Crippen molar-refractivity contribution in [3.63, 3.8) is 0 Å². The van der Waals surface area contributed by atoms with E-state index in [0.29, 0.717) is 38.3 Å². The van der Waals surface area contributed by atoms with Gasteiger partial charge in [0.2, 0.25) is 5.91 Å². The molecule has 3 aliphatic rings. The molecule has 2 fully saturated rings. The largest absolute Gasteiger partial charge is 0.381 e. The summed E-state index contributed by atoms with van der Waals surface area (Å²) in [6, 6.07) is 8.62. The first kappa shape index (κ1) is 24.5. The Labute approximate surface area is 218 Å². The number of amides is 1. The predicted octanol–water partition coefficient (Wildman–Crippen LogP) is 6.13. The number of carbonyl (C=O) groups excluding carboxylic acids is 1. The van der Waals surface area contributed by atoms with Crippen molar-refractivity contribution < 1.29 is 13.9 Å². The summed E-state index contributed by atoms with van der Waals surface area (Å²) in [6.07, 6.45) is 7.30. The maximum Gasteiger partial charge on any atom is 0.222 e. The Morgan fingerprint density at radius 2 is 1.92 bits per heavy atom. The quantitative estimate of drug-likeness (QED) is 0.429. The molecule has 3 aromatic rings. The number of imidazole rings is 1. The van der Waals surface area contributed by atoms with Gasteiger partial charge in [-0.15, -0.1) is 0 Å². The fraction of sp³-hybridized carbons (Fsp3) is 0.567. The first-order valence-electron chi connectivity index (χ1n) is 14.0. The third-order valence-electron chi connectivity index (χ3n) is 8.77. The lowest BCUT2D eigenvalue weighted by molar-refractivity contribution is -0.132. The number of benzene rings is 1. The van der Waals surface area contributed by atoms with Gasteiger partial charge < -0.3 is 14.2 Å². The maximum atomic E-state index is 14.6. The van der Waals surface area contributed by atoms with Gasteiger partial charge in [-0.3, -0.25) is 9.78 Å². The molecule has 6 rings (SSSR count). The Hall–Kier alpha value is -2.80. The number of alkyl halides is 1. The maximum absolute atomic E-state index is 14.6. The van der Waals surface area contributed by atoms with Gasteiger partial charge in [0.1, 0.15) is 11.5 Å². The van der Waals surface area contributed by atoms with E-state index in [0.717, 1.165) is 79.3 Å². The first-order chi connectivity index (χ1) is 17.9. The molecule has 1 aliphatic carbocycles. The van der Waals surface area contributed by atoms with Crippen LogP contribution in [0.2, 0.25) is 0 Å². The number of fused-ring (bicyclic) bond motifs is 2. The third-order valence-corrected chi connectivity index (χ3v) is 8.77. The van der Waals surface area contributed by atoms with E-state index in [-0.39, 0.29) is 11.8 Å². The van der Waals surface area contributed by atoms with Gasteiger partial charge in [-0.25, -0.2) is 9.37 Å². The van der Waals surface area contributed by atoms with Crippen molar-refractivity contribution in [3.8, 4) is 11.3 Å². The molecule has 0 radical (unpaired) electrons. The highest BCUT2D eigenvalue weighted by atomic mass is 19.1. The van der Waals surface area contributed by atoms with Crippen molar-refractivity contribution in [1.82, 2.24) is 19.4 Å². The van der Waals surface area contributed by atoms with E-state index < -0.39 is 5.67 Å². The molecule has 6 nitrogen and oxygen atoms in total. The molecule has 2 aliphatic heterocycles. The molecule has 1 amide bonds. The lowest BCUT2D eigenvalue weighted by atomic mass is 9.80. The fourth-order valence-electron chi connectivity index (χ4n) is 6.45. The molecule has 0 bridgehead atoms. The number of rotatable bonds is 4. The molecule has 1 saturated carbocycles. The average molecular weight is 505 g/mol. The van der Waals surface area contributed by atoms with Crippen LogP contribution < -0.4 is 0 Å². The van der Waals surface area contributed by atoms with Crippen LogP contribution in [0.5, 0.6) is 0 Å². The molecule has 1 aromatic carbocycles. The van der Waals surface area contributed by atoms with E-state index in [9.17, 15) is 9.18 Å². The summed E-state index contributed by atoms with van der Waals surface area (Å²) in [5.41, 5.74) is 3.16. The Kier molecular flexibility index (Phi) is 6.51. The van der Waals surface area contributed by atoms with E-state index in [1.165, 1.54) is 5.39 Å². The van der Waals surface area contributed by atoms with Crippen molar-refractivity contribution in [2.45, 2.75) is 89.4 Å². The predicted molar refractivity (Wildman–Crippen MR) is 142 cm³/mol. The van der Waals surface area contributed by atoms with Gasteiger partial charge in [-0.05, 0) is 56.9 Å². The molecule has 196 valence electrons. The van der Waals surface area contributed by atoms with Gasteiger partial charge in [0, 0.05) is 67.4 Å². The van der Waals surface area contributed by atoms with E-state index in [4.69, 9.17) is 14.7 Å². The SMILES string of the molecule is CCC(=O)N1CCn2c(C3CCC(C)(F)CC3)nc(-c3cccc4cc(C5CCOCC5)ncc34)c2C1. The summed E-state index contributed by atoms with van der Waals surface area (Å²) in [4.78, 5) is 24.8. The van der Waals surface area contributed by atoms with Gasteiger partial charge in [0.05, 0.1) is 17.9 Å². The van der Waals surface area contributed by atoms with Gasteiger partial charge >= 0.3 is 0 Å². The fourth-order valence-corrected chi connectivity index (χ4v) is 6.45. The van der Waals surface area contributed by atoms with Gasteiger partial charge in [0.25, 0.3) is 0 Å². The zero-order valence-electron chi connectivity index (χ0n) is 22.0. The topological polar surface area (TPSA) is 60.2 Å². The van der Waals surface area contributed by atoms with E-state index >= 15 is 0 Å². The van der Waals surface area contributed by atoms with Crippen molar-refractivity contribution in [2.75, 3.05) is 19.8 Å². The number of carbonyl (C=O) groups is 1. The number of aromatic nitrogens is 3. The smallest absolute Gasteiger partial charge is 0.222 e. The van der Waals surface area contributed by atoms with Crippen LogP contribution in [-0.2, 0) is 22.6 Å². The zero-order chi connectivity index (χ0) is 25.6. The van der Waals surface area contributed by atoms with Crippen LogP contribution >= 0.6 is 0 Å². The van der Waals surface area contributed by atoms with Crippen LogP contribution in [0, 0.1) is 0 Å². The molecule has 0 N–H and O–H groups in total. The van der Waals surface area contributed by atoms with Gasteiger partial charge in [0.15, 0.2) is 0 Å². The normalized spacial score (nSPS) is 24.8. The first-order valence-corrected chi connectivity index (χ1v) is 14.0. The number of pyridine rings is 1. The second kappa shape index (κ2) is 9.82. The van der Waals surface area contributed by atoms with E-state index in [1.54, 1.807) is 6.92 Å². The minimum Gasteiger partial charge on any atom is -0.381 e. The van der Waals surface area contributed by atoms with Crippen molar-refractivity contribution >= 4 is 16.7 Å². The highest BCUT2D eigenvalue weighted by Gasteiger charge is 2.36. The highest BCUT2D eigenvalue weighted by Crippen LogP contribution is 2.42. The monoisotopic (exact) mass is 504 g/mol. The van der Waals surface area contributed by atoms with E-state index in [1.807, 2.05) is 18.0 Å². The van der Waals surface area contributed by atoms with Crippen LogP contribution in [0.3, 0.4) is 0 Å². The van der Waals surface area contributed by atoms with Crippen molar-refractivity contribution in [3.05, 3.63) is 47.7 Å². The Morgan fingerprint density at radius 3 is 2.68 bits per heavy atom. The summed E-state index contributed by atoms with van der Waals surface area (Å²) in [5, 5.41) is 2.25. The summed E-state index contributed by atoms with van der Waals surface area (Å²) in [7, 11) is 0. The van der Waals surface area contributed by atoms with E-state index in [2.05, 4.69) is 28.8 Å². The summed E-state index contributed by atoms with van der Waals surface area (Å²) < 4.78 is 22.5. The van der Waals surface area contributed by atoms with Crippen LogP contribution in [0.4, 0.5) is 4.39 Å². The number of hydrogen-bond acceptors (Lipinski definition) is 4. The molecule has 1 saturated heterocycles. The molecular formula is C30H37FN4O2. The van der Waals surface area contributed by atoms with Crippen molar-refractivity contribution in [1.29, 1.82) is 0 Å². The lowest BCUT2D eigenvalue weighted by Crippen LogP contribution is -2.38. The molecule has 4 heterocycles. The molecule has 0 spiro atoms. The molecule has 0 atom stereocenters. The zero-order valence-corrected chi connectivity index (χ0v) is 22.0. The number of halogens is 1. The van der Waals surface area contributed by atoms with Crippen LogP contribution in [0.25, 0.3) is 22.0 Å². The number of hydrogen-bond donors (Lipinski definition) is 0. The Morgan fingerprint density at radius 1 is 1.14 bits per heavy atom. The minimum absolute atomic E-state index is 0.173. The Balaban J connectivity index is 1.42. The summed E-state index contributed by atoms with van der Waals surface area (Å²) in [6.45, 7) is 7.23. The van der Waals surface area contributed by atoms with Gasteiger partial charge in [-0.1, -0.05) is 25.1 Å². The second-order valence-electron chi connectivity index (χ2n) is 11.3. The second-order valence-corrected chi connectivity index (χ2v) is 11.3. The number of ether oxygens (including phenoxy) is 1. The highest BCUT2D eigenvalue weighted by molar-refractivity contribution is 5.96. The Bertz CT molecular complexity index is 1300. The lowest BCUT2D eigenvalue weighted by Gasteiger charge is -2.33. The molecular weight excluding hydrogens is 467 g/mol. The average Bonchev–Trinajstić information content (AvgIpc) is 3.31. The molecule has 2 aromatic heterocycles. The minimum atomic E-state index is -1.08. The standard InChI is InChI=1S/C30H37FN4O2/c1-3-27(36)34-13-14-35-26(19-34)28(33-29(35)21-7-11-30(2,31)12-8-21)23-6-4-5-22-17-25(32-18-24(22)23)20-9-15-37-16-10-20/h4-6,17-18,20-21H,3,7-16,19H2,1-2H3.